The van der Waals surface area contributed by atoms with Gasteiger partial charge in [-0.1, -0.05) is 0 Å². The van der Waals surface area contributed by atoms with Crippen molar-refractivity contribution < 1.29 is 14.3 Å². The molecule has 1 fully saturated rings. The number of fused-ring (bicyclic) bond motifs is 1. The van der Waals surface area contributed by atoms with Gasteiger partial charge in [-0.15, -0.1) is 11.3 Å². The summed E-state index contributed by atoms with van der Waals surface area (Å²) in [7, 11) is 1.43. The molecule has 0 amide bonds. The van der Waals surface area contributed by atoms with Crippen LogP contribution in [0.2, 0.25) is 0 Å². The number of likely N-dealkylation sites (tertiary alicyclic amines) is 1. The maximum atomic E-state index is 11.5. The fourth-order valence-electron chi connectivity index (χ4n) is 4.23. The van der Waals surface area contributed by atoms with Crippen LogP contribution in [0.4, 0.5) is 0 Å². The summed E-state index contributed by atoms with van der Waals surface area (Å²) < 4.78 is 10.7. The third-order valence-electron chi connectivity index (χ3n) is 6.04. The lowest BCUT2D eigenvalue weighted by molar-refractivity contribution is -0.142. The molecule has 0 unspecified atom stereocenters. The fraction of sp³-hybridized carbons (Fsp3) is 0.565. The van der Waals surface area contributed by atoms with Crippen molar-refractivity contribution in [3.8, 4) is 16.3 Å². The molecule has 0 aliphatic carbocycles. The van der Waals surface area contributed by atoms with Gasteiger partial charge in [0.15, 0.2) is 0 Å². The molecular formula is C23H31N3O3S. The third kappa shape index (κ3) is 5.20. The third-order valence-corrected chi connectivity index (χ3v) is 7.17. The summed E-state index contributed by atoms with van der Waals surface area (Å²) in [6.07, 6.45) is 4.59. The number of methoxy groups -OCH3 is 1. The topological polar surface area (TPSA) is 54.9 Å². The van der Waals surface area contributed by atoms with Crippen molar-refractivity contribution in [3.63, 3.8) is 0 Å². The predicted octanol–water partition coefficient (Wildman–Crippen LogP) is 3.59. The van der Waals surface area contributed by atoms with Gasteiger partial charge in [0.25, 0.3) is 0 Å². The Morgan fingerprint density at radius 3 is 2.83 bits per heavy atom. The van der Waals surface area contributed by atoms with E-state index in [-0.39, 0.29) is 5.97 Å². The molecule has 1 atom stereocenters. The van der Waals surface area contributed by atoms with Gasteiger partial charge in [-0.3, -0.25) is 9.69 Å². The summed E-state index contributed by atoms with van der Waals surface area (Å²) in [4.78, 5) is 22.3. The van der Waals surface area contributed by atoms with E-state index in [1.54, 1.807) is 11.3 Å². The molecule has 6 nitrogen and oxygen atoms in total. The minimum absolute atomic E-state index is 0.186. The number of nitrogens with zero attached hydrogens (tertiary/aromatic N) is 3. The normalized spacial score (nSPS) is 19.6. The first kappa shape index (κ1) is 21.3. The molecular weight excluding hydrogens is 398 g/mol. The second-order valence-corrected chi connectivity index (χ2v) is 9.26. The molecule has 0 saturated carbocycles. The van der Waals surface area contributed by atoms with E-state index in [0.29, 0.717) is 6.54 Å². The van der Waals surface area contributed by atoms with Gasteiger partial charge in [-0.25, -0.2) is 4.98 Å². The highest BCUT2D eigenvalue weighted by Crippen LogP contribution is 2.32. The molecule has 0 bridgehead atoms. The van der Waals surface area contributed by atoms with E-state index in [1.165, 1.54) is 31.4 Å². The first-order valence-corrected chi connectivity index (χ1v) is 11.7. The number of thiazole rings is 1. The van der Waals surface area contributed by atoms with Gasteiger partial charge in [0, 0.05) is 42.5 Å². The second-order valence-electron chi connectivity index (χ2n) is 8.18. The number of benzene rings is 1. The zero-order valence-electron chi connectivity index (χ0n) is 17.9. The average Bonchev–Trinajstić information content (AvgIpc) is 3.37. The van der Waals surface area contributed by atoms with E-state index in [1.807, 2.05) is 12.1 Å². The van der Waals surface area contributed by atoms with E-state index in [2.05, 4.69) is 28.9 Å². The van der Waals surface area contributed by atoms with Crippen LogP contribution in [0, 0.1) is 0 Å². The standard InChI is InChI=1S/C23H31N3O3S/c1-17-5-3-11-26(17)12-4-14-29-19-8-6-18(7-9-19)23-24-20-10-13-25(15-21(20)30-23)16-22(27)28-2/h6-9,17H,3-5,10-16H2,1-2H3/t17-/m1/s1. The van der Waals surface area contributed by atoms with Gasteiger partial charge >= 0.3 is 5.97 Å². The smallest absolute Gasteiger partial charge is 0.319 e. The Morgan fingerprint density at radius 2 is 2.10 bits per heavy atom. The zero-order chi connectivity index (χ0) is 20.9. The van der Waals surface area contributed by atoms with Gasteiger partial charge < -0.3 is 14.4 Å². The molecule has 1 aromatic carbocycles. The number of rotatable bonds is 8. The number of carbonyl (C=O) groups is 1. The van der Waals surface area contributed by atoms with Crippen molar-refractivity contribution in [2.45, 2.75) is 45.2 Å². The van der Waals surface area contributed by atoms with Gasteiger partial charge in [-0.05, 0) is 57.0 Å². The first-order chi connectivity index (χ1) is 14.6. The van der Waals surface area contributed by atoms with Gasteiger partial charge in [0.1, 0.15) is 10.8 Å². The number of aromatic nitrogens is 1. The molecule has 0 radical (unpaired) electrons. The monoisotopic (exact) mass is 429 g/mol. The molecule has 0 N–H and O–H groups in total. The number of ether oxygens (including phenoxy) is 2. The molecule has 2 aromatic rings. The zero-order valence-corrected chi connectivity index (χ0v) is 18.7. The van der Waals surface area contributed by atoms with E-state index in [4.69, 9.17) is 14.5 Å². The van der Waals surface area contributed by atoms with Crippen molar-refractivity contribution in [2.24, 2.45) is 0 Å². The Bertz CT molecular complexity index is 852. The summed E-state index contributed by atoms with van der Waals surface area (Å²) in [5, 5.41) is 1.04. The number of hydrogen-bond acceptors (Lipinski definition) is 7. The van der Waals surface area contributed by atoms with Gasteiger partial charge in [0.05, 0.1) is 26.0 Å². The van der Waals surface area contributed by atoms with Crippen LogP contribution in [0.5, 0.6) is 5.75 Å². The summed E-state index contributed by atoms with van der Waals surface area (Å²) in [6.45, 7) is 7.37. The predicted molar refractivity (Wildman–Crippen MR) is 119 cm³/mol. The average molecular weight is 430 g/mol. The van der Waals surface area contributed by atoms with Gasteiger partial charge in [-0.2, -0.15) is 0 Å². The van der Waals surface area contributed by atoms with E-state index >= 15 is 0 Å². The molecule has 0 spiro atoms. The van der Waals surface area contributed by atoms with Crippen LogP contribution < -0.4 is 4.74 Å². The minimum Gasteiger partial charge on any atom is -0.494 e. The summed E-state index contributed by atoms with van der Waals surface area (Å²) in [5.41, 5.74) is 2.28. The minimum atomic E-state index is -0.186. The van der Waals surface area contributed by atoms with Crippen LogP contribution in [-0.4, -0.2) is 66.7 Å². The van der Waals surface area contributed by atoms with Crippen molar-refractivity contribution in [2.75, 3.05) is 39.9 Å². The molecule has 7 heteroatoms. The maximum Gasteiger partial charge on any atom is 0.319 e. The molecule has 2 aliphatic rings. The van der Waals surface area contributed by atoms with Crippen molar-refractivity contribution in [3.05, 3.63) is 34.8 Å². The molecule has 3 heterocycles. The lowest BCUT2D eigenvalue weighted by atomic mass is 10.2. The molecule has 1 aromatic heterocycles. The Labute approximate surface area is 182 Å². The summed E-state index contributed by atoms with van der Waals surface area (Å²) in [5.74, 6) is 0.729. The van der Waals surface area contributed by atoms with Crippen LogP contribution >= 0.6 is 11.3 Å². The Hall–Kier alpha value is -1.96. The molecule has 30 heavy (non-hydrogen) atoms. The summed E-state index contributed by atoms with van der Waals surface area (Å²) >= 11 is 1.72. The SMILES string of the molecule is COC(=O)CN1CCc2nc(-c3ccc(OCCCN4CCC[C@H]4C)cc3)sc2C1. The Morgan fingerprint density at radius 1 is 1.27 bits per heavy atom. The first-order valence-electron chi connectivity index (χ1n) is 10.9. The number of hydrogen-bond donors (Lipinski definition) is 0. The fourth-order valence-corrected chi connectivity index (χ4v) is 5.39. The highest BCUT2D eigenvalue weighted by molar-refractivity contribution is 7.15. The molecule has 2 aliphatic heterocycles. The highest BCUT2D eigenvalue weighted by Gasteiger charge is 2.23. The van der Waals surface area contributed by atoms with Crippen LogP contribution in [-0.2, 0) is 22.5 Å². The highest BCUT2D eigenvalue weighted by atomic mass is 32.1. The van der Waals surface area contributed by atoms with E-state index in [9.17, 15) is 4.79 Å². The van der Waals surface area contributed by atoms with Crippen molar-refractivity contribution >= 4 is 17.3 Å². The summed E-state index contributed by atoms with van der Waals surface area (Å²) in [6, 6.07) is 8.99. The van der Waals surface area contributed by atoms with Crippen LogP contribution in [0.15, 0.2) is 24.3 Å². The largest absolute Gasteiger partial charge is 0.494 e. The quantitative estimate of drug-likeness (QED) is 0.472. The molecule has 1 saturated heterocycles. The number of esters is 1. The van der Waals surface area contributed by atoms with Crippen LogP contribution in [0.25, 0.3) is 10.6 Å². The van der Waals surface area contributed by atoms with E-state index < -0.39 is 0 Å². The van der Waals surface area contributed by atoms with Crippen LogP contribution in [0.3, 0.4) is 0 Å². The lowest BCUT2D eigenvalue weighted by Crippen LogP contribution is -2.34. The van der Waals surface area contributed by atoms with Crippen LogP contribution in [0.1, 0.15) is 36.8 Å². The lowest BCUT2D eigenvalue weighted by Gasteiger charge is -2.24. The molecule has 4 rings (SSSR count). The number of carbonyl (C=O) groups excluding carboxylic acids is 1. The van der Waals surface area contributed by atoms with Crippen molar-refractivity contribution in [1.82, 2.24) is 14.8 Å². The van der Waals surface area contributed by atoms with Crippen molar-refractivity contribution in [1.29, 1.82) is 0 Å². The van der Waals surface area contributed by atoms with Gasteiger partial charge in [0.2, 0.25) is 0 Å². The Balaban J connectivity index is 1.29. The van der Waals surface area contributed by atoms with E-state index in [0.717, 1.165) is 67.1 Å². The molecule has 162 valence electrons. The Kier molecular flexibility index (Phi) is 7.02. The maximum absolute atomic E-state index is 11.5. The second kappa shape index (κ2) is 9.90.